The minimum Gasteiger partial charge on any atom is -0.140 e. The highest BCUT2D eigenvalue weighted by Gasteiger charge is 2.50. The van der Waals surface area contributed by atoms with Crippen LogP contribution in [0.25, 0.3) is 42.8 Å². The molecule has 14 rings (SSSR count). The first-order valence-electron chi connectivity index (χ1n) is 32.9. The number of rotatable bonds is 4. The molecule has 0 saturated heterocycles. The Balaban J connectivity index is 1.07. The van der Waals surface area contributed by atoms with Crippen molar-refractivity contribution in [3.63, 3.8) is 0 Å². The lowest BCUT2D eigenvalue weighted by Gasteiger charge is -2.51. The minimum absolute atomic E-state index is 0.0162. The van der Waals surface area contributed by atoms with E-state index in [0.29, 0.717) is 23.6 Å². The molecule has 3 heterocycles. The maximum Gasteiger partial charge on any atom is 0.168 e. The van der Waals surface area contributed by atoms with Gasteiger partial charge in [0, 0.05) is 9.58 Å². The van der Waals surface area contributed by atoms with Crippen molar-refractivity contribution in [2.45, 2.75) is 220 Å². The van der Waals surface area contributed by atoms with E-state index >= 15 is 0 Å². The van der Waals surface area contributed by atoms with Gasteiger partial charge in [0.25, 0.3) is 0 Å². The van der Waals surface area contributed by atoms with Gasteiger partial charge < -0.3 is 0 Å². The third kappa shape index (κ3) is 8.91. The van der Waals surface area contributed by atoms with Crippen molar-refractivity contribution in [3.05, 3.63) is 205 Å². The summed E-state index contributed by atoms with van der Waals surface area (Å²) < 4.78 is 1.52. The lowest BCUT2D eigenvalue weighted by Crippen LogP contribution is -2.44. The van der Waals surface area contributed by atoms with Gasteiger partial charge in [-0.1, -0.05) is 248 Å². The SMILES string of the molecule is Cc1cc2c3c(c1)CC(c1ccc(C(C)(C)C)cc1-c1cccc4c1ccc1ccccc14)C1C=C4C(=CC1C(B3)c1sc3cc5c(cc3c1C(C(C)c1ccc3c(c1)C(C)(C)CCC3(C)C)C2)C(C)(C)CCC5(C)C)C(C)(C)CCC4(C)C. The van der Waals surface area contributed by atoms with E-state index in [1.807, 2.05) is 0 Å². The molecule has 84 heavy (non-hydrogen) atoms. The van der Waals surface area contributed by atoms with Crippen molar-refractivity contribution in [2.75, 3.05) is 0 Å². The van der Waals surface area contributed by atoms with E-state index in [9.17, 15) is 0 Å². The second-order valence-corrected chi connectivity index (χ2v) is 34.3. The standard InChI is InChI=1S/C82H95BS/c1-47-37-51-39-59(48(2)50-26-30-65-66(41-50)78(8,9)32-31-77(65,6)7)72-64-45-69-70(82(16,17)36-35-81(69,14)15)46-71(64)84-75(72)74-63-44-68-67(79(10,11)33-34-80(68,12)13)43-62(63)60(40-52(38-47)73(51)83-74)58-29-27-53(76(3,4)5)42-61(58)56-24-20-23-55-54-22-19-18-21-49(54)25-28-57(55)56/h18-30,37-38,41-46,48,59-60,62-63,74,83H,31-36,39-40H2,1-17H3. The van der Waals surface area contributed by atoms with Gasteiger partial charge >= 0.3 is 0 Å². The lowest BCUT2D eigenvalue weighted by molar-refractivity contribution is 0.242. The van der Waals surface area contributed by atoms with Crippen LogP contribution in [0.2, 0.25) is 0 Å². The number of fused-ring (bicyclic) bond motifs is 13. The van der Waals surface area contributed by atoms with Crippen LogP contribution in [-0.4, -0.2) is 7.28 Å². The van der Waals surface area contributed by atoms with Crippen LogP contribution >= 0.6 is 11.3 Å². The molecule has 8 aromatic rings. The molecule has 1 saturated carbocycles. The van der Waals surface area contributed by atoms with Gasteiger partial charge in [-0.3, -0.25) is 0 Å². The van der Waals surface area contributed by atoms with Crippen LogP contribution in [0.3, 0.4) is 0 Å². The maximum atomic E-state index is 2.98. The van der Waals surface area contributed by atoms with Crippen molar-refractivity contribution < 1.29 is 0 Å². The second kappa shape index (κ2) is 19.0. The maximum absolute atomic E-state index is 2.98. The van der Waals surface area contributed by atoms with Crippen LogP contribution in [0, 0.1) is 29.6 Å². The van der Waals surface area contributed by atoms with Crippen LogP contribution in [0.5, 0.6) is 0 Å². The van der Waals surface area contributed by atoms with Crippen LogP contribution in [0.1, 0.15) is 239 Å². The van der Waals surface area contributed by atoms with Gasteiger partial charge in [0.15, 0.2) is 7.28 Å². The van der Waals surface area contributed by atoms with E-state index in [0.717, 1.165) is 20.1 Å². The Morgan fingerprint density at radius 3 is 1.79 bits per heavy atom. The molecule has 4 aliphatic carbocycles. The Labute approximate surface area is 510 Å². The molecule has 0 radical (unpaired) electrons. The summed E-state index contributed by atoms with van der Waals surface area (Å²) in [4.78, 5) is 1.69. The highest BCUT2D eigenvalue weighted by atomic mass is 32.1. The van der Waals surface area contributed by atoms with Gasteiger partial charge in [0.1, 0.15) is 0 Å². The van der Waals surface area contributed by atoms with E-state index in [1.165, 1.54) is 98.2 Å². The van der Waals surface area contributed by atoms with Crippen molar-refractivity contribution in [1.82, 2.24) is 0 Å². The molecule has 432 valence electrons. The molecule has 0 amide bonds. The average Bonchev–Trinajstić information content (AvgIpc) is 1.93. The minimum atomic E-state index is -0.0162. The van der Waals surface area contributed by atoms with Crippen LogP contribution < -0.4 is 5.46 Å². The third-order valence-electron chi connectivity index (χ3n) is 23.9. The highest BCUT2D eigenvalue weighted by Crippen LogP contribution is 2.61. The van der Waals surface area contributed by atoms with E-state index in [4.69, 9.17) is 0 Å². The predicted octanol–water partition coefficient (Wildman–Crippen LogP) is 21.7. The summed E-state index contributed by atoms with van der Waals surface area (Å²) in [5.41, 5.74) is 25.5. The summed E-state index contributed by atoms with van der Waals surface area (Å²) in [5.74, 6) is 1.73. The predicted molar refractivity (Wildman–Crippen MR) is 366 cm³/mol. The molecule has 0 nitrogen and oxygen atoms in total. The molecule has 2 aliphatic heterocycles. The molecule has 1 aromatic heterocycles. The smallest absolute Gasteiger partial charge is 0.140 e. The zero-order valence-corrected chi connectivity index (χ0v) is 55.2. The van der Waals surface area contributed by atoms with Crippen molar-refractivity contribution in [3.8, 4) is 11.1 Å². The van der Waals surface area contributed by atoms with E-state index in [1.54, 1.807) is 65.8 Å². The molecule has 1 fully saturated rings. The number of hydrogen-bond donors (Lipinski definition) is 0. The normalized spacial score (nSPS) is 25.2. The van der Waals surface area contributed by atoms with Crippen LogP contribution in [0.15, 0.2) is 139 Å². The molecular weight excluding hydrogens is 1030 g/mol. The zero-order valence-electron chi connectivity index (χ0n) is 54.4. The molecule has 6 aliphatic rings. The fraction of sp³-hybridized carbons (Fsp3) is 0.463. The number of hydrogen-bond acceptors (Lipinski definition) is 1. The molecule has 2 bridgehead atoms. The first-order chi connectivity index (χ1) is 39.5. The molecule has 0 N–H and O–H groups in total. The Hall–Kier alpha value is -5.44. The molecule has 6 unspecified atom stereocenters. The largest absolute Gasteiger partial charge is 0.168 e. The van der Waals surface area contributed by atoms with Gasteiger partial charge in [-0.05, 0) is 237 Å². The first kappa shape index (κ1) is 56.4. The second-order valence-electron chi connectivity index (χ2n) is 33.2. The monoisotopic (exact) mass is 1120 g/mol. The average molecular weight is 1120 g/mol. The van der Waals surface area contributed by atoms with Gasteiger partial charge in [0.05, 0.1) is 0 Å². The Kier molecular flexibility index (Phi) is 12.8. The topological polar surface area (TPSA) is 0 Å². The first-order valence-corrected chi connectivity index (χ1v) is 33.7. The summed E-state index contributed by atoms with van der Waals surface area (Å²) in [6, 6.07) is 47.6. The summed E-state index contributed by atoms with van der Waals surface area (Å²) in [5, 5.41) is 6.90. The van der Waals surface area contributed by atoms with Gasteiger partial charge in [-0.15, -0.1) is 11.3 Å². The van der Waals surface area contributed by atoms with Gasteiger partial charge in [-0.25, -0.2) is 0 Å². The molecule has 0 spiro atoms. The molecule has 6 atom stereocenters. The van der Waals surface area contributed by atoms with Crippen molar-refractivity contribution >= 4 is 55.7 Å². The quantitative estimate of drug-likeness (QED) is 0.122. The number of allylic oxidation sites excluding steroid dienone is 4. The third-order valence-corrected chi connectivity index (χ3v) is 25.2. The van der Waals surface area contributed by atoms with E-state index in [2.05, 4.69) is 256 Å². The number of thiophene rings is 1. The molecule has 7 aromatic carbocycles. The molecular formula is C82H95BS. The van der Waals surface area contributed by atoms with E-state index in [-0.39, 0.29) is 49.7 Å². The number of benzene rings is 7. The fourth-order valence-electron chi connectivity index (χ4n) is 18.1. The summed E-state index contributed by atoms with van der Waals surface area (Å²) in [6.45, 7) is 42.8. The lowest BCUT2D eigenvalue weighted by atomic mass is 9.44. The van der Waals surface area contributed by atoms with Gasteiger partial charge in [-0.2, -0.15) is 0 Å². The summed E-state index contributed by atoms with van der Waals surface area (Å²) >= 11 is 2.23. The van der Waals surface area contributed by atoms with Crippen LogP contribution in [0.4, 0.5) is 0 Å². The Morgan fingerprint density at radius 1 is 0.512 bits per heavy atom. The van der Waals surface area contributed by atoms with Crippen LogP contribution in [-0.2, 0) is 39.9 Å². The fourth-order valence-corrected chi connectivity index (χ4v) is 19.6. The Morgan fingerprint density at radius 2 is 1.11 bits per heavy atom. The number of aryl methyl sites for hydroxylation is 1. The molecule has 2 heteroatoms. The highest BCUT2D eigenvalue weighted by molar-refractivity contribution is 7.19. The zero-order chi connectivity index (χ0) is 59.2. The van der Waals surface area contributed by atoms with Gasteiger partial charge in [0.2, 0.25) is 0 Å². The Bertz CT molecular complexity index is 4110. The van der Waals surface area contributed by atoms with E-state index < -0.39 is 0 Å². The van der Waals surface area contributed by atoms with Crippen molar-refractivity contribution in [1.29, 1.82) is 0 Å². The summed E-state index contributed by atoms with van der Waals surface area (Å²) in [7, 11) is 1.08. The van der Waals surface area contributed by atoms with Crippen molar-refractivity contribution in [2.24, 2.45) is 22.7 Å². The summed E-state index contributed by atoms with van der Waals surface area (Å²) in [6.07, 6.45) is 15.3.